The molecular weight excluding hydrogens is 200 g/mol. The van der Waals surface area contributed by atoms with Gasteiger partial charge in [-0.15, -0.1) is 0 Å². The topological polar surface area (TPSA) is 34.1 Å². The Morgan fingerprint density at radius 2 is 1.75 bits per heavy atom. The Balaban J connectivity index is 3.16. The first-order chi connectivity index (χ1) is 5.21. The molecule has 1 unspecified atom stereocenters. The highest BCUT2D eigenvalue weighted by molar-refractivity contribution is 7.92. The second-order valence-electron chi connectivity index (χ2n) is 2.65. The van der Waals surface area contributed by atoms with Crippen LogP contribution in [0.15, 0.2) is 0 Å². The molecule has 1 rings (SSSR count). The van der Waals surface area contributed by atoms with Crippen LogP contribution in [0.2, 0.25) is 0 Å². The van der Waals surface area contributed by atoms with Gasteiger partial charge in [0.15, 0.2) is 9.84 Å². The van der Waals surface area contributed by atoms with E-state index in [9.17, 15) is 26.0 Å². The Morgan fingerprint density at radius 1 is 1.25 bits per heavy atom. The maximum absolute atomic E-state index is 12.9. The molecule has 0 radical (unpaired) electrons. The highest BCUT2D eigenvalue weighted by Gasteiger charge is 2.67. The molecule has 0 bridgehead atoms. The van der Waals surface area contributed by atoms with Crippen LogP contribution in [0.3, 0.4) is 0 Å². The second kappa shape index (κ2) is 2.34. The number of alkyl halides is 4. The van der Waals surface area contributed by atoms with E-state index in [0.717, 1.165) is 0 Å². The van der Waals surface area contributed by atoms with E-state index in [0.29, 0.717) is 0 Å². The molecule has 0 aromatic heterocycles. The zero-order valence-electron chi connectivity index (χ0n) is 5.86. The normalized spacial score (nSPS) is 35.3. The number of sulfone groups is 1. The minimum Gasteiger partial charge on any atom is -0.225 e. The predicted molar refractivity (Wildman–Crippen MR) is 32.9 cm³/mol. The summed E-state index contributed by atoms with van der Waals surface area (Å²) >= 11 is 0. The minimum absolute atomic E-state index is 0.266. The van der Waals surface area contributed by atoms with Crippen LogP contribution in [-0.4, -0.2) is 25.3 Å². The van der Waals surface area contributed by atoms with Gasteiger partial charge >= 0.3 is 11.2 Å². The zero-order chi connectivity index (χ0) is 9.62. The Hall–Kier alpha value is -0.330. The summed E-state index contributed by atoms with van der Waals surface area (Å²) in [5.41, 5.74) is 0. The lowest BCUT2D eigenvalue weighted by Crippen LogP contribution is -2.44. The lowest BCUT2D eigenvalue weighted by atomic mass is 10.2. The quantitative estimate of drug-likeness (QED) is 0.562. The number of halogens is 4. The molecule has 12 heavy (non-hydrogen) atoms. The lowest BCUT2D eigenvalue weighted by Gasteiger charge is -2.21. The fourth-order valence-corrected chi connectivity index (χ4v) is 2.78. The largest absolute Gasteiger partial charge is 0.437 e. The van der Waals surface area contributed by atoms with Gasteiger partial charge in [0.05, 0.1) is 5.75 Å². The van der Waals surface area contributed by atoms with E-state index in [1.165, 1.54) is 0 Å². The summed E-state index contributed by atoms with van der Waals surface area (Å²) in [5.74, 6) is -0.719. The summed E-state index contributed by atoms with van der Waals surface area (Å²) in [6.45, 7) is 0. The third kappa shape index (κ3) is 1.10. The van der Waals surface area contributed by atoms with Crippen molar-refractivity contribution in [2.24, 2.45) is 0 Å². The molecule has 72 valence electrons. The average Bonchev–Trinajstić information content (AvgIpc) is 2.07. The summed E-state index contributed by atoms with van der Waals surface area (Å²) in [6.07, 6.45) is -6.54. The van der Waals surface area contributed by atoms with Crippen LogP contribution in [0.25, 0.3) is 0 Å². The van der Waals surface area contributed by atoms with Crippen LogP contribution in [0.1, 0.15) is 12.8 Å². The van der Waals surface area contributed by atoms with Gasteiger partial charge in [-0.2, -0.15) is 13.2 Å². The SMILES string of the molecule is O=S1(=O)CCCC1(F)C(F)(F)F. The summed E-state index contributed by atoms with van der Waals surface area (Å²) < 4.78 is 69.8. The van der Waals surface area contributed by atoms with Crippen molar-refractivity contribution in [1.82, 2.24) is 0 Å². The van der Waals surface area contributed by atoms with Crippen LogP contribution >= 0.6 is 0 Å². The van der Waals surface area contributed by atoms with Crippen molar-refractivity contribution in [3.63, 3.8) is 0 Å². The third-order valence-electron chi connectivity index (χ3n) is 1.83. The van der Waals surface area contributed by atoms with E-state index in [1.807, 2.05) is 0 Å². The maximum Gasteiger partial charge on any atom is 0.437 e. The molecule has 0 aliphatic carbocycles. The molecule has 0 aromatic rings. The fraction of sp³-hybridized carbons (Fsp3) is 1.00. The molecule has 1 fully saturated rings. The predicted octanol–water partition coefficient (Wildman–Crippen LogP) is 1.42. The van der Waals surface area contributed by atoms with Crippen molar-refractivity contribution in [2.75, 3.05) is 5.75 Å². The Kier molecular flexibility index (Phi) is 1.90. The molecule has 1 aliphatic heterocycles. The van der Waals surface area contributed by atoms with Crippen molar-refractivity contribution < 1.29 is 26.0 Å². The van der Waals surface area contributed by atoms with Gasteiger partial charge in [0, 0.05) is 6.42 Å². The number of rotatable bonds is 0. The highest BCUT2D eigenvalue weighted by atomic mass is 32.2. The van der Waals surface area contributed by atoms with Crippen molar-refractivity contribution in [2.45, 2.75) is 24.0 Å². The van der Waals surface area contributed by atoms with Gasteiger partial charge in [0.25, 0.3) is 0 Å². The van der Waals surface area contributed by atoms with Crippen LogP contribution in [0.4, 0.5) is 17.6 Å². The van der Waals surface area contributed by atoms with E-state index in [-0.39, 0.29) is 6.42 Å². The summed E-state index contributed by atoms with van der Waals surface area (Å²) in [7, 11) is -4.64. The van der Waals surface area contributed by atoms with Gasteiger partial charge in [0.2, 0.25) is 0 Å². The smallest absolute Gasteiger partial charge is 0.225 e. The molecule has 7 heteroatoms. The first-order valence-corrected chi connectivity index (χ1v) is 4.84. The van der Waals surface area contributed by atoms with Crippen LogP contribution in [0.5, 0.6) is 0 Å². The van der Waals surface area contributed by atoms with Gasteiger partial charge in [0.1, 0.15) is 0 Å². The van der Waals surface area contributed by atoms with E-state index in [1.54, 1.807) is 0 Å². The molecule has 0 N–H and O–H groups in total. The molecule has 1 atom stereocenters. The van der Waals surface area contributed by atoms with Crippen LogP contribution < -0.4 is 0 Å². The minimum atomic E-state index is -5.30. The first kappa shape index (κ1) is 9.76. The Bertz CT molecular complexity index is 280. The standard InChI is InChI=1S/C5H6F4O2S/c6-4(5(7,8)9)2-1-3-12(4,10)11/h1-3H2. The molecule has 0 saturated carbocycles. The van der Waals surface area contributed by atoms with Gasteiger partial charge in [-0.1, -0.05) is 0 Å². The lowest BCUT2D eigenvalue weighted by molar-refractivity contribution is -0.197. The molecule has 1 aliphatic rings. The monoisotopic (exact) mass is 206 g/mol. The maximum atomic E-state index is 12.9. The van der Waals surface area contributed by atoms with E-state index >= 15 is 0 Å². The summed E-state index contributed by atoms with van der Waals surface area (Å²) in [5, 5.41) is -4.00. The number of hydrogen-bond acceptors (Lipinski definition) is 2. The van der Waals surface area contributed by atoms with Crippen molar-refractivity contribution in [1.29, 1.82) is 0 Å². The summed E-state index contributed by atoms with van der Waals surface area (Å²) in [4.78, 5) is 0. The average molecular weight is 206 g/mol. The Labute approximate surface area is 66.5 Å². The van der Waals surface area contributed by atoms with Crippen LogP contribution in [-0.2, 0) is 9.84 Å². The molecule has 0 amide bonds. The Morgan fingerprint density at radius 3 is 1.92 bits per heavy atom. The first-order valence-electron chi connectivity index (χ1n) is 3.19. The molecule has 0 spiro atoms. The second-order valence-corrected chi connectivity index (χ2v) is 4.93. The van der Waals surface area contributed by atoms with E-state index < -0.39 is 33.2 Å². The number of hydrogen-bond donors (Lipinski definition) is 0. The van der Waals surface area contributed by atoms with E-state index in [2.05, 4.69) is 0 Å². The van der Waals surface area contributed by atoms with Crippen molar-refractivity contribution in [3.05, 3.63) is 0 Å². The highest BCUT2D eigenvalue weighted by Crippen LogP contribution is 2.46. The van der Waals surface area contributed by atoms with Gasteiger partial charge in [-0.25, -0.2) is 12.8 Å². The molecule has 1 heterocycles. The molecule has 1 saturated heterocycles. The van der Waals surface area contributed by atoms with Crippen LogP contribution in [0, 0.1) is 0 Å². The fourth-order valence-electron chi connectivity index (χ4n) is 1.12. The van der Waals surface area contributed by atoms with E-state index in [4.69, 9.17) is 0 Å². The molecular formula is C5H6F4O2S. The van der Waals surface area contributed by atoms with Gasteiger partial charge in [-0.3, -0.25) is 0 Å². The van der Waals surface area contributed by atoms with Crippen molar-refractivity contribution in [3.8, 4) is 0 Å². The van der Waals surface area contributed by atoms with Gasteiger partial charge in [-0.05, 0) is 6.42 Å². The molecule has 2 nitrogen and oxygen atoms in total. The van der Waals surface area contributed by atoms with Crippen molar-refractivity contribution >= 4 is 9.84 Å². The zero-order valence-corrected chi connectivity index (χ0v) is 6.67. The summed E-state index contributed by atoms with van der Waals surface area (Å²) in [6, 6.07) is 0. The third-order valence-corrected chi connectivity index (χ3v) is 4.08. The molecule has 0 aromatic carbocycles. The van der Waals surface area contributed by atoms with Gasteiger partial charge < -0.3 is 0 Å².